The lowest BCUT2D eigenvalue weighted by Gasteiger charge is -2.22. The van der Waals surface area contributed by atoms with Crippen LogP contribution in [0.25, 0.3) is 10.8 Å². The van der Waals surface area contributed by atoms with Gasteiger partial charge in [0.15, 0.2) is 17.3 Å². The summed E-state index contributed by atoms with van der Waals surface area (Å²) in [6.45, 7) is 1.36. The number of methoxy groups -OCH3 is 1. The lowest BCUT2D eigenvalue weighted by atomic mass is 9.80. The Bertz CT molecular complexity index is 1190. The van der Waals surface area contributed by atoms with Crippen molar-refractivity contribution in [2.75, 3.05) is 7.11 Å². The third-order valence-corrected chi connectivity index (χ3v) is 4.83. The highest BCUT2D eigenvalue weighted by Gasteiger charge is 2.37. The zero-order valence-corrected chi connectivity index (χ0v) is 14.5. The molecule has 0 atom stereocenters. The van der Waals surface area contributed by atoms with Crippen molar-refractivity contribution in [1.29, 1.82) is 0 Å². The fourth-order valence-electron chi connectivity index (χ4n) is 3.50. The summed E-state index contributed by atoms with van der Waals surface area (Å²) in [7, 11) is 1.40. The number of phenolic OH excluding ortho intramolecular Hbond substituents is 2. The molecule has 0 fully saturated rings. The summed E-state index contributed by atoms with van der Waals surface area (Å²) in [5, 5.41) is 21.8. The van der Waals surface area contributed by atoms with Gasteiger partial charge in [0.2, 0.25) is 0 Å². The predicted octanol–water partition coefficient (Wildman–Crippen LogP) is 3.24. The van der Waals surface area contributed by atoms with Crippen LogP contribution < -0.4 is 4.74 Å². The summed E-state index contributed by atoms with van der Waals surface area (Å²) < 4.78 is 5.22. The number of rotatable bonds is 2. The molecule has 0 heterocycles. The highest BCUT2D eigenvalue weighted by atomic mass is 16.5. The van der Waals surface area contributed by atoms with E-state index < -0.39 is 23.1 Å². The van der Waals surface area contributed by atoms with Gasteiger partial charge in [-0.15, -0.1) is 0 Å². The van der Waals surface area contributed by atoms with Gasteiger partial charge in [0.05, 0.1) is 23.6 Å². The van der Waals surface area contributed by atoms with E-state index >= 15 is 0 Å². The number of aromatic hydroxyl groups is 2. The maximum Gasteiger partial charge on any atom is 0.198 e. The molecule has 0 unspecified atom stereocenters. The Hall–Kier alpha value is -3.67. The van der Waals surface area contributed by atoms with Crippen molar-refractivity contribution in [3.63, 3.8) is 0 Å². The van der Waals surface area contributed by atoms with Gasteiger partial charge in [-0.2, -0.15) is 0 Å². The number of fused-ring (bicyclic) bond motifs is 3. The zero-order chi connectivity index (χ0) is 19.5. The second-order valence-electron chi connectivity index (χ2n) is 6.30. The van der Waals surface area contributed by atoms with Crippen LogP contribution in [0, 0.1) is 0 Å². The summed E-state index contributed by atoms with van der Waals surface area (Å²) in [6, 6.07) is 8.88. The van der Waals surface area contributed by atoms with Gasteiger partial charge in [-0.25, -0.2) is 0 Å². The molecule has 1 aliphatic carbocycles. The standard InChI is InChI=1S/C21H14O6/c1-9(22)10-6-7-11-13(8-10)20(25)16-17(18(11)23)21(26)15-12(19(16)24)4-3-5-14(15)27-2/h3-8,24,26H,1-2H3. The Morgan fingerprint density at radius 3 is 2.26 bits per heavy atom. The second kappa shape index (κ2) is 5.67. The maximum absolute atomic E-state index is 13.0. The van der Waals surface area contributed by atoms with E-state index in [1.807, 2.05) is 0 Å². The van der Waals surface area contributed by atoms with Crippen molar-refractivity contribution < 1.29 is 29.3 Å². The van der Waals surface area contributed by atoms with E-state index in [-0.39, 0.29) is 50.1 Å². The Balaban J connectivity index is 2.11. The highest BCUT2D eigenvalue weighted by molar-refractivity contribution is 6.33. The quantitative estimate of drug-likeness (QED) is 0.419. The van der Waals surface area contributed by atoms with Crippen LogP contribution >= 0.6 is 0 Å². The van der Waals surface area contributed by atoms with Gasteiger partial charge < -0.3 is 14.9 Å². The van der Waals surface area contributed by atoms with Crippen molar-refractivity contribution in [3.8, 4) is 17.2 Å². The summed E-state index contributed by atoms with van der Waals surface area (Å²) in [6.07, 6.45) is 0. The van der Waals surface area contributed by atoms with Crippen LogP contribution in [-0.2, 0) is 0 Å². The van der Waals surface area contributed by atoms with Gasteiger partial charge in [0, 0.05) is 22.1 Å². The number of Topliss-reactive ketones (excluding diaryl/α,β-unsaturated/α-hetero) is 1. The van der Waals surface area contributed by atoms with Crippen molar-refractivity contribution in [2.24, 2.45) is 0 Å². The van der Waals surface area contributed by atoms with Crippen LogP contribution in [0.5, 0.6) is 17.2 Å². The molecule has 0 amide bonds. The number of benzene rings is 3. The molecule has 2 N–H and O–H groups in total. The van der Waals surface area contributed by atoms with Gasteiger partial charge in [-0.3, -0.25) is 14.4 Å². The van der Waals surface area contributed by atoms with Gasteiger partial charge in [0.1, 0.15) is 17.2 Å². The fraction of sp³-hybridized carbons (Fsp3) is 0.0952. The van der Waals surface area contributed by atoms with Gasteiger partial charge in [0.25, 0.3) is 0 Å². The molecule has 6 nitrogen and oxygen atoms in total. The van der Waals surface area contributed by atoms with E-state index in [0.29, 0.717) is 0 Å². The number of ketones is 3. The molecule has 6 heteroatoms. The Morgan fingerprint density at radius 1 is 0.926 bits per heavy atom. The van der Waals surface area contributed by atoms with Crippen LogP contribution in [0.15, 0.2) is 36.4 Å². The summed E-state index contributed by atoms with van der Waals surface area (Å²) in [4.78, 5) is 37.7. The summed E-state index contributed by atoms with van der Waals surface area (Å²) >= 11 is 0. The molecule has 3 aromatic carbocycles. The van der Waals surface area contributed by atoms with Gasteiger partial charge in [-0.1, -0.05) is 18.2 Å². The lowest BCUT2D eigenvalue weighted by molar-refractivity contribution is 0.0973. The SMILES string of the molecule is COc1cccc2c(O)c3c(c(O)c12)C(=O)c1ccc(C(C)=O)cc1C3=O. The normalized spacial score (nSPS) is 12.7. The van der Waals surface area contributed by atoms with Crippen LogP contribution in [0.2, 0.25) is 0 Å². The minimum atomic E-state index is -0.625. The monoisotopic (exact) mass is 362 g/mol. The second-order valence-corrected chi connectivity index (χ2v) is 6.30. The molecule has 27 heavy (non-hydrogen) atoms. The number of carbonyl (C=O) groups is 3. The van der Waals surface area contributed by atoms with E-state index in [1.54, 1.807) is 12.1 Å². The number of phenols is 2. The smallest absolute Gasteiger partial charge is 0.198 e. The van der Waals surface area contributed by atoms with E-state index in [4.69, 9.17) is 4.74 Å². The zero-order valence-electron chi connectivity index (χ0n) is 14.5. The molecule has 0 bridgehead atoms. The minimum Gasteiger partial charge on any atom is -0.506 e. The fourth-order valence-corrected chi connectivity index (χ4v) is 3.50. The van der Waals surface area contributed by atoms with Crippen molar-refractivity contribution in [1.82, 2.24) is 0 Å². The average molecular weight is 362 g/mol. The molecule has 3 aromatic rings. The molecule has 1 aliphatic rings. The average Bonchev–Trinajstić information content (AvgIpc) is 2.67. The highest BCUT2D eigenvalue weighted by Crippen LogP contribution is 2.47. The third kappa shape index (κ3) is 2.16. The molecule has 4 rings (SSSR count). The molecule has 0 aromatic heterocycles. The first kappa shape index (κ1) is 16.8. The lowest BCUT2D eigenvalue weighted by Crippen LogP contribution is -2.22. The molecular formula is C21H14O6. The van der Waals surface area contributed by atoms with Crippen LogP contribution in [-0.4, -0.2) is 34.7 Å². The van der Waals surface area contributed by atoms with Crippen LogP contribution in [0.3, 0.4) is 0 Å². The molecule has 0 aliphatic heterocycles. The summed E-state index contributed by atoms with van der Waals surface area (Å²) in [5.41, 5.74) is -0.160. The molecule has 0 saturated carbocycles. The number of hydrogen-bond donors (Lipinski definition) is 2. The molecule has 134 valence electrons. The Morgan fingerprint density at radius 2 is 1.59 bits per heavy atom. The molecular weight excluding hydrogens is 348 g/mol. The first-order valence-corrected chi connectivity index (χ1v) is 8.15. The molecule has 0 radical (unpaired) electrons. The maximum atomic E-state index is 13.0. The van der Waals surface area contributed by atoms with E-state index in [0.717, 1.165) is 0 Å². The van der Waals surface area contributed by atoms with Gasteiger partial charge in [-0.05, 0) is 25.1 Å². The first-order valence-electron chi connectivity index (χ1n) is 8.15. The van der Waals surface area contributed by atoms with Crippen LogP contribution in [0.1, 0.15) is 49.1 Å². The first-order chi connectivity index (χ1) is 12.9. The van der Waals surface area contributed by atoms with Crippen molar-refractivity contribution >= 4 is 28.1 Å². The predicted molar refractivity (Wildman–Crippen MR) is 97.1 cm³/mol. The van der Waals surface area contributed by atoms with Crippen LogP contribution in [0.4, 0.5) is 0 Å². The van der Waals surface area contributed by atoms with E-state index in [9.17, 15) is 24.6 Å². The minimum absolute atomic E-state index is 0.0251. The van der Waals surface area contributed by atoms with Gasteiger partial charge >= 0.3 is 0 Å². The molecule has 0 spiro atoms. The number of hydrogen-bond acceptors (Lipinski definition) is 6. The van der Waals surface area contributed by atoms with Crippen molar-refractivity contribution in [2.45, 2.75) is 6.92 Å². The van der Waals surface area contributed by atoms with E-state index in [2.05, 4.69) is 0 Å². The Labute approximate surface area is 153 Å². The van der Waals surface area contributed by atoms with E-state index in [1.165, 1.54) is 38.3 Å². The number of carbonyl (C=O) groups excluding carboxylic acids is 3. The topological polar surface area (TPSA) is 101 Å². The summed E-state index contributed by atoms with van der Waals surface area (Å²) in [5.74, 6) is -2.04. The number of ether oxygens (including phenoxy) is 1. The Kier molecular flexibility index (Phi) is 3.52. The van der Waals surface area contributed by atoms with Crippen molar-refractivity contribution in [3.05, 3.63) is 64.2 Å². The largest absolute Gasteiger partial charge is 0.506 e. The third-order valence-electron chi connectivity index (χ3n) is 4.83. The molecule has 0 saturated heterocycles.